The summed E-state index contributed by atoms with van der Waals surface area (Å²) < 4.78 is 4.78. The highest BCUT2D eigenvalue weighted by atomic mass is 16.5. The van der Waals surface area contributed by atoms with Crippen LogP contribution < -0.4 is 4.90 Å². The molecule has 0 bridgehead atoms. The van der Waals surface area contributed by atoms with Crippen LogP contribution in [0.1, 0.15) is 33.8 Å². The lowest BCUT2D eigenvalue weighted by Crippen LogP contribution is -2.30. The van der Waals surface area contributed by atoms with Gasteiger partial charge in [0.05, 0.1) is 13.5 Å². The monoisotopic (exact) mass is 309 g/mol. The number of benzene rings is 2. The van der Waals surface area contributed by atoms with E-state index in [2.05, 4.69) is 0 Å². The average Bonchev–Trinajstić information content (AvgIpc) is 2.93. The van der Waals surface area contributed by atoms with Gasteiger partial charge in [-0.25, -0.2) is 0 Å². The number of aryl methyl sites for hydroxylation is 1. The average molecular weight is 309 g/mol. The number of methoxy groups -OCH3 is 1. The Bertz CT molecular complexity index is 737. The predicted octanol–water partition coefficient (Wildman–Crippen LogP) is 3.30. The second-order valence-corrected chi connectivity index (χ2v) is 5.82. The Morgan fingerprint density at radius 1 is 1.13 bits per heavy atom. The summed E-state index contributed by atoms with van der Waals surface area (Å²) in [5.74, 6) is -0.313. The van der Waals surface area contributed by atoms with Crippen LogP contribution in [0.15, 0.2) is 48.5 Å². The quantitative estimate of drug-likeness (QED) is 0.817. The molecule has 1 amide bonds. The van der Waals surface area contributed by atoms with Crippen molar-refractivity contribution in [3.63, 3.8) is 0 Å². The third-order valence-electron chi connectivity index (χ3n) is 4.25. The summed E-state index contributed by atoms with van der Waals surface area (Å²) >= 11 is 0. The van der Waals surface area contributed by atoms with Gasteiger partial charge in [-0.3, -0.25) is 9.59 Å². The van der Waals surface area contributed by atoms with Gasteiger partial charge >= 0.3 is 5.97 Å². The molecule has 23 heavy (non-hydrogen) atoms. The van der Waals surface area contributed by atoms with E-state index < -0.39 is 0 Å². The molecule has 0 aromatic heterocycles. The Morgan fingerprint density at radius 2 is 1.83 bits per heavy atom. The van der Waals surface area contributed by atoms with Crippen molar-refractivity contribution < 1.29 is 14.3 Å². The van der Waals surface area contributed by atoms with Gasteiger partial charge in [0.1, 0.15) is 0 Å². The van der Waals surface area contributed by atoms with E-state index >= 15 is 0 Å². The third-order valence-corrected chi connectivity index (χ3v) is 4.25. The normalized spacial score (nSPS) is 16.1. The van der Waals surface area contributed by atoms with Crippen LogP contribution in [0, 0.1) is 6.92 Å². The number of ether oxygens (including phenoxy) is 1. The maximum Gasteiger partial charge on any atom is 0.306 e. The highest BCUT2D eigenvalue weighted by Crippen LogP contribution is 2.38. The van der Waals surface area contributed by atoms with E-state index in [4.69, 9.17) is 4.74 Å². The Balaban J connectivity index is 1.90. The van der Waals surface area contributed by atoms with Gasteiger partial charge in [0, 0.05) is 23.7 Å². The van der Waals surface area contributed by atoms with Crippen molar-refractivity contribution in [1.82, 2.24) is 0 Å². The number of fused-ring (bicyclic) bond motifs is 1. The van der Waals surface area contributed by atoms with Gasteiger partial charge in [0.15, 0.2) is 0 Å². The molecule has 2 aromatic rings. The summed E-state index contributed by atoms with van der Waals surface area (Å²) in [6.07, 6.45) is 0.283. The summed E-state index contributed by atoms with van der Waals surface area (Å²) in [7, 11) is 1.39. The molecule has 118 valence electrons. The molecule has 1 atom stereocenters. The molecule has 1 aliphatic rings. The second kappa shape index (κ2) is 6.24. The summed E-state index contributed by atoms with van der Waals surface area (Å²) in [5, 5.41) is 0. The minimum atomic E-state index is -0.255. The maximum atomic E-state index is 12.8. The van der Waals surface area contributed by atoms with E-state index in [1.54, 1.807) is 4.90 Å². The Kier molecular flexibility index (Phi) is 4.15. The Morgan fingerprint density at radius 3 is 2.52 bits per heavy atom. The first-order valence-electron chi connectivity index (χ1n) is 7.64. The summed E-state index contributed by atoms with van der Waals surface area (Å²) in [6.45, 7) is 2.49. The first-order valence-corrected chi connectivity index (χ1v) is 7.64. The van der Waals surface area contributed by atoms with Crippen LogP contribution in [0.25, 0.3) is 0 Å². The minimum absolute atomic E-state index is 0.0203. The smallest absolute Gasteiger partial charge is 0.306 e. The first-order chi connectivity index (χ1) is 11.1. The van der Waals surface area contributed by atoms with Crippen LogP contribution in [0.5, 0.6) is 0 Å². The van der Waals surface area contributed by atoms with E-state index in [0.717, 1.165) is 16.8 Å². The third kappa shape index (κ3) is 2.97. The molecule has 0 fully saturated rings. The van der Waals surface area contributed by atoms with Crippen molar-refractivity contribution in [1.29, 1.82) is 0 Å². The molecule has 1 aliphatic heterocycles. The van der Waals surface area contributed by atoms with Gasteiger partial charge in [-0.1, -0.05) is 35.9 Å². The zero-order chi connectivity index (χ0) is 16.4. The van der Waals surface area contributed by atoms with Gasteiger partial charge in [0.2, 0.25) is 0 Å². The van der Waals surface area contributed by atoms with E-state index in [0.29, 0.717) is 12.1 Å². The van der Waals surface area contributed by atoms with Gasteiger partial charge < -0.3 is 9.64 Å². The topological polar surface area (TPSA) is 46.6 Å². The number of nitrogens with zero attached hydrogens (tertiary/aromatic N) is 1. The molecule has 1 unspecified atom stereocenters. The van der Waals surface area contributed by atoms with Crippen molar-refractivity contribution in [2.45, 2.75) is 19.3 Å². The zero-order valence-corrected chi connectivity index (χ0v) is 13.3. The second-order valence-electron chi connectivity index (χ2n) is 5.82. The van der Waals surface area contributed by atoms with Crippen LogP contribution in [0.2, 0.25) is 0 Å². The van der Waals surface area contributed by atoms with Crippen molar-refractivity contribution in [2.24, 2.45) is 0 Å². The number of carbonyl (C=O) groups is 2. The number of hydrogen-bond donors (Lipinski definition) is 0. The first kappa shape index (κ1) is 15.3. The zero-order valence-electron chi connectivity index (χ0n) is 13.3. The molecule has 0 saturated heterocycles. The molecule has 0 aliphatic carbocycles. The van der Waals surface area contributed by atoms with E-state index in [1.807, 2.05) is 55.5 Å². The number of carbonyl (C=O) groups excluding carboxylic acids is 2. The molecular formula is C19H19NO3. The Labute approximate surface area is 135 Å². The lowest BCUT2D eigenvalue weighted by atomic mass is 9.98. The fraction of sp³-hybridized carbons (Fsp3) is 0.263. The number of rotatable bonds is 3. The molecule has 0 spiro atoms. The van der Waals surface area contributed by atoms with Crippen molar-refractivity contribution >= 4 is 17.6 Å². The standard InChI is InChI=1S/C19H19NO3/c1-13-7-9-14(10-8-13)19(22)20-12-15(11-18(21)23-2)16-5-3-4-6-17(16)20/h3-10,15H,11-12H2,1-2H3. The molecule has 4 nitrogen and oxygen atoms in total. The van der Waals surface area contributed by atoms with Crippen LogP contribution in [0.4, 0.5) is 5.69 Å². The molecule has 0 saturated carbocycles. The van der Waals surface area contributed by atoms with Gasteiger partial charge in [0.25, 0.3) is 5.91 Å². The van der Waals surface area contributed by atoms with Crippen LogP contribution in [-0.4, -0.2) is 25.5 Å². The molecule has 0 radical (unpaired) electrons. The van der Waals surface area contributed by atoms with E-state index in [-0.39, 0.29) is 24.2 Å². The molecule has 3 rings (SSSR count). The lowest BCUT2D eigenvalue weighted by molar-refractivity contribution is -0.141. The van der Waals surface area contributed by atoms with E-state index in [9.17, 15) is 9.59 Å². The predicted molar refractivity (Wildman–Crippen MR) is 88.7 cm³/mol. The number of esters is 1. The fourth-order valence-corrected chi connectivity index (χ4v) is 3.00. The summed E-state index contributed by atoms with van der Waals surface area (Å²) in [4.78, 5) is 26.2. The molecule has 4 heteroatoms. The van der Waals surface area contributed by atoms with Crippen molar-refractivity contribution in [3.05, 3.63) is 65.2 Å². The molecule has 0 N–H and O–H groups in total. The highest BCUT2D eigenvalue weighted by Gasteiger charge is 2.33. The van der Waals surface area contributed by atoms with Crippen LogP contribution in [-0.2, 0) is 9.53 Å². The maximum absolute atomic E-state index is 12.8. The van der Waals surface area contributed by atoms with Crippen molar-refractivity contribution in [2.75, 3.05) is 18.6 Å². The molecule has 1 heterocycles. The molecular weight excluding hydrogens is 290 g/mol. The highest BCUT2D eigenvalue weighted by molar-refractivity contribution is 6.07. The lowest BCUT2D eigenvalue weighted by Gasteiger charge is -2.18. The summed E-state index contributed by atoms with van der Waals surface area (Å²) in [6, 6.07) is 15.3. The number of anilines is 1. The van der Waals surface area contributed by atoms with E-state index in [1.165, 1.54) is 7.11 Å². The van der Waals surface area contributed by atoms with Crippen LogP contribution >= 0.6 is 0 Å². The number of para-hydroxylation sites is 1. The Hall–Kier alpha value is -2.62. The number of amides is 1. The number of hydrogen-bond acceptors (Lipinski definition) is 3. The SMILES string of the molecule is COC(=O)CC1CN(C(=O)c2ccc(C)cc2)c2ccccc21. The largest absolute Gasteiger partial charge is 0.469 e. The fourth-order valence-electron chi connectivity index (χ4n) is 3.00. The minimum Gasteiger partial charge on any atom is -0.469 e. The van der Waals surface area contributed by atoms with Gasteiger partial charge in [-0.05, 0) is 30.7 Å². The van der Waals surface area contributed by atoms with Gasteiger partial charge in [-0.15, -0.1) is 0 Å². The summed E-state index contributed by atoms with van der Waals surface area (Å²) in [5.41, 5.74) is 3.68. The van der Waals surface area contributed by atoms with Gasteiger partial charge in [-0.2, -0.15) is 0 Å². The molecule has 2 aromatic carbocycles. The van der Waals surface area contributed by atoms with Crippen molar-refractivity contribution in [3.8, 4) is 0 Å². The van der Waals surface area contributed by atoms with Crippen LogP contribution in [0.3, 0.4) is 0 Å².